The second-order valence-electron chi connectivity index (χ2n) is 10.7. The fourth-order valence-corrected chi connectivity index (χ4v) is 5.75. The van der Waals surface area contributed by atoms with Crippen LogP contribution in [0.3, 0.4) is 0 Å². The first kappa shape index (κ1) is 24.9. The van der Waals surface area contributed by atoms with Gasteiger partial charge < -0.3 is 9.88 Å². The Morgan fingerprint density at radius 1 is 1.00 bits per heavy atom. The van der Waals surface area contributed by atoms with Gasteiger partial charge in [-0.3, -0.25) is 9.80 Å². The summed E-state index contributed by atoms with van der Waals surface area (Å²) in [6.45, 7) is 9.73. The molecule has 8 nitrogen and oxygen atoms in total. The van der Waals surface area contributed by atoms with Gasteiger partial charge in [-0.1, -0.05) is 18.9 Å². The van der Waals surface area contributed by atoms with E-state index in [1.807, 2.05) is 30.6 Å². The molecule has 0 radical (unpaired) electrons. The molecule has 2 aliphatic rings. The minimum Gasteiger partial charge on any atom is -0.329 e. The lowest BCUT2D eigenvalue weighted by Crippen LogP contribution is -2.48. The van der Waals surface area contributed by atoms with Gasteiger partial charge >= 0.3 is 0 Å². The first-order chi connectivity index (χ1) is 18.5. The monoisotopic (exact) mass is 514 g/mol. The van der Waals surface area contributed by atoms with Crippen LogP contribution < -0.4 is 5.32 Å². The highest BCUT2D eigenvalue weighted by atomic mass is 19.1. The van der Waals surface area contributed by atoms with Crippen molar-refractivity contribution in [2.75, 3.05) is 31.5 Å². The summed E-state index contributed by atoms with van der Waals surface area (Å²) in [6.07, 6.45) is 11.6. The van der Waals surface area contributed by atoms with E-state index in [0.29, 0.717) is 23.8 Å². The molecule has 1 saturated heterocycles. The van der Waals surface area contributed by atoms with Crippen molar-refractivity contribution >= 4 is 22.8 Å². The molecule has 2 fully saturated rings. The Labute approximate surface area is 222 Å². The number of anilines is 2. The Morgan fingerprint density at radius 2 is 1.82 bits per heavy atom. The Kier molecular flexibility index (Phi) is 7.04. The SMILES string of the molecule is CC(C)N1CCN(Cc2ccc(Nc3ncc(F)c(-c4cn(C5CCCC5)c5ncccc45)n3)nc2)CC1. The molecule has 4 aromatic rings. The smallest absolute Gasteiger partial charge is 0.229 e. The fraction of sp³-hybridized carbons (Fsp3) is 0.448. The molecule has 198 valence electrons. The molecule has 1 aliphatic carbocycles. The average Bonchev–Trinajstić information content (AvgIpc) is 3.60. The van der Waals surface area contributed by atoms with Crippen molar-refractivity contribution in [1.82, 2.24) is 34.3 Å². The van der Waals surface area contributed by atoms with E-state index in [-0.39, 0.29) is 5.69 Å². The summed E-state index contributed by atoms with van der Waals surface area (Å²) in [5.41, 5.74) is 3.06. The summed E-state index contributed by atoms with van der Waals surface area (Å²) in [4.78, 5) is 22.9. The molecule has 9 heteroatoms. The van der Waals surface area contributed by atoms with Crippen molar-refractivity contribution in [3.63, 3.8) is 0 Å². The number of nitrogens with zero attached hydrogens (tertiary/aromatic N) is 7. The molecule has 0 spiro atoms. The molecule has 4 aromatic heterocycles. The highest BCUT2D eigenvalue weighted by molar-refractivity contribution is 5.93. The summed E-state index contributed by atoms with van der Waals surface area (Å²) < 4.78 is 17.3. The molecule has 0 atom stereocenters. The Bertz CT molecular complexity index is 1390. The van der Waals surface area contributed by atoms with Crippen molar-refractivity contribution in [2.45, 2.75) is 58.2 Å². The molecule has 0 unspecified atom stereocenters. The molecule has 0 amide bonds. The zero-order valence-corrected chi connectivity index (χ0v) is 22.1. The molecule has 0 bridgehead atoms. The number of piperazine rings is 1. The summed E-state index contributed by atoms with van der Waals surface area (Å²) in [6, 6.07) is 8.88. The van der Waals surface area contributed by atoms with Crippen molar-refractivity contribution in [3.8, 4) is 11.3 Å². The normalized spacial score (nSPS) is 17.6. The number of hydrogen-bond acceptors (Lipinski definition) is 7. The first-order valence-corrected chi connectivity index (χ1v) is 13.7. The fourth-order valence-electron chi connectivity index (χ4n) is 5.75. The zero-order chi connectivity index (χ0) is 26.1. The first-order valence-electron chi connectivity index (χ1n) is 13.7. The topological polar surface area (TPSA) is 75.0 Å². The Morgan fingerprint density at radius 3 is 2.55 bits per heavy atom. The van der Waals surface area contributed by atoms with E-state index < -0.39 is 5.82 Å². The lowest BCUT2D eigenvalue weighted by molar-refractivity contribution is 0.104. The third-order valence-corrected chi connectivity index (χ3v) is 7.91. The molecule has 1 N–H and O–H groups in total. The van der Waals surface area contributed by atoms with Gasteiger partial charge in [0.25, 0.3) is 0 Å². The van der Waals surface area contributed by atoms with Crippen LogP contribution in [0.25, 0.3) is 22.3 Å². The highest BCUT2D eigenvalue weighted by Gasteiger charge is 2.23. The summed E-state index contributed by atoms with van der Waals surface area (Å²) in [5, 5.41) is 4.06. The minimum absolute atomic E-state index is 0.273. The van der Waals surface area contributed by atoms with Crippen molar-refractivity contribution < 1.29 is 4.39 Å². The van der Waals surface area contributed by atoms with E-state index in [1.54, 1.807) is 6.20 Å². The van der Waals surface area contributed by atoms with Gasteiger partial charge in [-0.25, -0.2) is 24.3 Å². The third-order valence-electron chi connectivity index (χ3n) is 7.91. The van der Waals surface area contributed by atoms with Gasteiger partial charge in [0.05, 0.1) is 6.20 Å². The summed E-state index contributed by atoms with van der Waals surface area (Å²) in [5.74, 6) is 0.494. The van der Waals surface area contributed by atoms with Crippen LogP contribution in [0.2, 0.25) is 0 Å². The molecule has 1 aliphatic heterocycles. The maximum absolute atomic E-state index is 15.0. The van der Waals surface area contributed by atoms with Gasteiger partial charge in [-0.05, 0) is 50.5 Å². The Hall–Kier alpha value is -3.43. The second kappa shape index (κ2) is 10.7. The largest absolute Gasteiger partial charge is 0.329 e. The zero-order valence-electron chi connectivity index (χ0n) is 22.1. The van der Waals surface area contributed by atoms with Crippen molar-refractivity contribution in [1.29, 1.82) is 0 Å². The molecule has 1 saturated carbocycles. The van der Waals surface area contributed by atoms with Crippen LogP contribution >= 0.6 is 0 Å². The van der Waals surface area contributed by atoms with E-state index in [2.05, 4.69) is 59.5 Å². The highest BCUT2D eigenvalue weighted by Crippen LogP contribution is 2.37. The maximum Gasteiger partial charge on any atom is 0.229 e. The number of hydrogen-bond donors (Lipinski definition) is 1. The summed E-state index contributed by atoms with van der Waals surface area (Å²) in [7, 11) is 0. The minimum atomic E-state index is -0.453. The van der Waals surface area contributed by atoms with E-state index in [4.69, 9.17) is 0 Å². The van der Waals surface area contributed by atoms with Crippen LogP contribution in [0, 0.1) is 5.82 Å². The second-order valence-corrected chi connectivity index (χ2v) is 10.7. The molecular weight excluding hydrogens is 479 g/mol. The van der Waals surface area contributed by atoms with Crippen LogP contribution in [-0.2, 0) is 6.54 Å². The van der Waals surface area contributed by atoms with Crippen molar-refractivity contribution in [3.05, 3.63) is 60.4 Å². The van der Waals surface area contributed by atoms with E-state index in [0.717, 1.165) is 62.2 Å². The van der Waals surface area contributed by atoms with Gasteiger partial charge in [0.15, 0.2) is 5.82 Å². The van der Waals surface area contributed by atoms with Crippen molar-refractivity contribution in [2.24, 2.45) is 0 Å². The number of fused-ring (bicyclic) bond motifs is 1. The standard InChI is InChI=1S/C29H35FN8/c1-20(2)37-14-12-36(13-15-37)18-21-9-10-26(32-16-21)34-29-33-17-25(30)27(35-29)24-19-38(22-6-3-4-7-22)28-23(24)8-5-11-31-28/h5,8-11,16-17,19-20,22H,3-4,6-7,12-15,18H2,1-2H3,(H,32,33,34,35). The molecule has 6 rings (SSSR count). The number of rotatable bonds is 7. The number of halogens is 1. The van der Waals surface area contributed by atoms with Gasteiger partial charge in [0.1, 0.15) is 17.2 Å². The van der Waals surface area contributed by atoms with Gasteiger partial charge in [0.2, 0.25) is 5.95 Å². The molecular formula is C29H35FN8. The molecule has 38 heavy (non-hydrogen) atoms. The van der Waals surface area contributed by atoms with E-state index in [9.17, 15) is 0 Å². The van der Waals surface area contributed by atoms with Crippen LogP contribution in [0.5, 0.6) is 0 Å². The lowest BCUT2D eigenvalue weighted by Gasteiger charge is -2.36. The van der Waals surface area contributed by atoms with Crippen LogP contribution in [0.4, 0.5) is 16.2 Å². The van der Waals surface area contributed by atoms with Gasteiger partial charge in [-0.2, -0.15) is 0 Å². The third kappa shape index (κ3) is 5.13. The van der Waals surface area contributed by atoms with Crippen LogP contribution in [0.1, 0.15) is 51.1 Å². The predicted molar refractivity (Wildman–Crippen MR) is 148 cm³/mol. The van der Waals surface area contributed by atoms with Crippen LogP contribution in [0.15, 0.2) is 49.1 Å². The van der Waals surface area contributed by atoms with Crippen LogP contribution in [-0.4, -0.2) is 66.5 Å². The lowest BCUT2D eigenvalue weighted by atomic mass is 10.1. The van der Waals surface area contributed by atoms with E-state index >= 15 is 4.39 Å². The Balaban J connectivity index is 1.19. The number of pyridine rings is 2. The molecule has 5 heterocycles. The average molecular weight is 515 g/mol. The number of nitrogens with one attached hydrogen (secondary N) is 1. The van der Waals surface area contributed by atoms with Gasteiger partial charge in [0, 0.05) is 74.3 Å². The number of aromatic nitrogens is 5. The predicted octanol–water partition coefficient (Wildman–Crippen LogP) is 5.41. The van der Waals surface area contributed by atoms with E-state index in [1.165, 1.54) is 24.6 Å². The summed E-state index contributed by atoms with van der Waals surface area (Å²) >= 11 is 0. The molecule has 0 aromatic carbocycles. The maximum atomic E-state index is 15.0. The van der Waals surface area contributed by atoms with Gasteiger partial charge in [-0.15, -0.1) is 0 Å². The quantitative estimate of drug-likeness (QED) is 0.353.